The average Bonchev–Trinajstić information content (AvgIpc) is 1.97. The van der Waals surface area contributed by atoms with Gasteiger partial charge in [0.25, 0.3) is 0 Å². The molecule has 0 bridgehead atoms. The summed E-state index contributed by atoms with van der Waals surface area (Å²) in [5.41, 5.74) is -0.509. The minimum Gasteiger partial charge on any atom is -1.00 e. The van der Waals surface area contributed by atoms with Crippen molar-refractivity contribution in [3.05, 3.63) is 0 Å². The zero-order valence-corrected chi connectivity index (χ0v) is 14.4. The van der Waals surface area contributed by atoms with Crippen LogP contribution in [0.3, 0.4) is 0 Å². The predicted octanol–water partition coefficient (Wildman–Crippen LogP) is -0.986. The summed E-state index contributed by atoms with van der Waals surface area (Å²) in [6.45, 7) is 8.39. The Morgan fingerprint density at radius 2 is 1.71 bits per heavy atom. The van der Waals surface area contributed by atoms with Crippen LogP contribution in [0.15, 0.2) is 0 Å². The molecule has 5 heteroatoms. The molecule has 0 aliphatic rings. The fourth-order valence-corrected chi connectivity index (χ4v) is 3.63. The predicted molar refractivity (Wildman–Crippen MR) is 62.1 cm³/mol. The summed E-state index contributed by atoms with van der Waals surface area (Å²) in [4.78, 5) is 0. The molecule has 0 fully saturated rings. The van der Waals surface area contributed by atoms with Gasteiger partial charge in [0.2, 0.25) is 0 Å². The van der Waals surface area contributed by atoms with E-state index in [0.717, 1.165) is 19.3 Å². The number of unbranched alkanes of at least 4 members (excludes halogenated alkanes) is 1. The van der Waals surface area contributed by atoms with Gasteiger partial charge in [0.05, 0.1) is 0 Å². The van der Waals surface area contributed by atoms with Gasteiger partial charge in [-0.1, -0.05) is 39.4 Å². The van der Waals surface area contributed by atoms with Crippen molar-refractivity contribution in [2.45, 2.75) is 56.9 Å². The zero-order valence-electron chi connectivity index (χ0n) is 9.65. The molecule has 14 heavy (non-hydrogen) atoms. The largest absolute Gasteiger partial charge is 2.00 e. The van der Waals surface area contributed by atoms with Crippen molar-refractivity contribution in [3.8, 4) is 0 Å². The summed E-state index contributed by atoms with van der Waals surface area (Å²) in [5.74, 6) is 0. The van der Waals surface area contributed by atoms with Crippen LogP contribution in [0, 0.1) is 0 Å². The SMILES string of the molecule is CCCCC(Cl)C([O-])[Si](C)(C)C.[Br-].[Mg+2]. The number of hydrogen-bond acceptors (Lipinski definition) is 1. The third-order valence-corrected chi connectivity index (χ3v) is 4.78. The standard InChI is InChI=1S/C9H20ClOSi.BrH.Mg/c1-5-6-7-8(10)9(11)12(2,3)4;;/h8-9H,5-7H2,1-4H3;1H;/q-1;;+2/p-1. The first-order chi connectivity index (χ1) is 5.39. The third-order valence-electron chi connectivity index (χ3n) is 2.02. The average molecular weight is 312 g/mol. The van der Waals surface area contributed by atoms with Crippen LogP contribution in [0.1, 0.15) is 26.2 Å². The first kappa shape index (κ1) is 21.0. The topological polar surface area (TPSA) is 23.1 Å². The van der Waals surface area contributed by atoms with Gasteiger partial charge in [-0.25, -0.2) is 0 Å². The van der Waals surface area contributed by atoms with Crippen molar-refractivity contribution in [1.29, 1.82) is 0 Å². The molecule has 0 radical (unpaired) electrons. The maximum atomic E-state index is 11.7. The molecule has 0 saturated carbocycles. The Labute approximate surface area is 121 Å². The van der Waals surface area contributed by atoms with Crippen LogP contribution in [0.4, 0.5) is 0 Å². The van der Waals surface area contributed by atoms with E-state index in [-0.39, 0.29) is 45.4 Å². The summed E-state index contributed by atoms with van der Waals surface area (Å²) < 4.78 is 0. The van der Waals surface area contributed by atoms with Gasteiger partial charge < -0.3 is 22.1 Å². The maximum Gasteiger partial charge on any atom is 2.00 e. The smallest absolute Gasteiger partial charge is 1.00 e. The molecule has 0 amide bonds. The fourth-order valence-electron chi connectivity index (χ4n) is 1.09. The van der Waals surface area contributed by atoms with Crippen molar-refractivity contribution >= 4 is 42.7 Å². The second kappa shape index (κ2) is 9.91. The van der Waals surface area contributed by atoms with E-state index in [9.17, 15) is 5.11 Å². The van der Waals surface area contributed by atoms with E-state index in [4.69, 9.17) is 11.6 Å². The van der Waals surface area contributed by atoms with E-state index in [1.165, 1.54) is 0 Å². The van der Waals surface area contributed by atoms with E-state index in [1.54, 1.807) is 0 Å². The molecular formula is C9H20BrClMgOSi. The fraction of sp³-hybridized carbons (Fsp3) is 1.00. The number of halogens is 2. The molecule has 82 valence electrons. The summed E-state index contributed by atoms with van der Waals surface area (Å²) in [5, 5.41) is 11.5. The minimum absolute atomic E-state index is 0. The van der Waals surface area contributed by atoms with Gasteiger partial charge in [-0.2, -0.15) is 0 Å². The van der Waals surface area contributed by atoms with Crippen molar-refractivity contribution in [2.24, 2.45) is 0 Å². The Morgan fingerprint density at radius 3 is 2.00 bits per heavy atom. The van der Waals surface area contributed by atoms with E-state index < -0.39 is 13.8 Å². The zero-order chi connectivity index (χ0) is 9.78. The minimum atomic E-state index is -1.56. The van der Waals surface area contributed by atoms with Gasteiger partial charge >= 0.3 is 23.1 Å². The summed E-state index contributed by atoms with van der Waals surface area (Å²) in [6.07, 6.45) is 3.09. The van der Waals surface area contributed by atoms with Gasteiger partial charge in [0, 0.05) is 13.5 Å². The molecule has 0 aliphatic heterocycles. The van der Waals surface area contributed by atoms with E-state index in [2.05, 4.69) is 26.6 Å². The van der Waals surface area contributed by atoms with E-state index in [0.29, 0.717) is 0 Å². The number of hydrogen-bond donors (Lipinski definition) is 0. The Morgan fingerprint density at radius 1 is 1.29 bits per heavy atom. The molecule has 2 atom stereocenters. The van der Waals surface area contributed by atoms with Crippen molar-refractivity contribution in [1.82, 2.24) is 0 Å². The first-order valence-corrected chi connectivity index (χ1v) is 8.71. The second-order valence-electron chi connectivity index (χ2n) is 4.44. The van der Waals surface area contributed by atoms with Gasteiger partial charge in [0.1, 0.15) is 0 Å². The molecule has 0 spiro atoms. The molecule has 0 heterocycles. The Bertz CT molecular complexity index is 132. The molecule has 0 N–H and O–H groups in total. The molecule has 0 rings (SSSR count). The van der Waals surface area contributed by atoms with Crippen LogP contribution in [-0.2, 0) is 0 Å². The van der Waals surface area contributed by atoms with E-state index in [1.807, 2.05) is 0 Å². The van der Waals surface area contributed by atoms with Crippen LogP contribution in [-0.4, -0.2) is 42.2 Å². The molecule has 1 nitrogen and oxygen atoms in total. The normalized spacial score (nSPS) is 15.0. The molecular weight excluding hydrogens is 292 g/mol. The van der Waals surface area contributed by atoms with Crippen molar-refractivity contribution < 1.29 is 22.1 Å². The van der Waals surface area contributed by atoms with Crippen LogP contribution in [0.2, 0.25) is 19.6 Å². The monoisotopic (exact) mass is 310 g/mol. The van der Waals surface area contributed by atoms with Crippen molar-refractivity contribution in [2.75, 3.05) is 0 Å². The van der Waals surface area contributed by atoms with Crippen LogP contribution in [0.5, 0.6) is 0 Å². The quantitative estimate of drug-likeness (QED) is 0.472. The van der Waals surface area contributed by atoms with Gasteiger partial charge in [-0.15, -0.1) is 17.3 Å². The summed E-state index contributed by atoms with van der Waals surface area (Å²) >= 11 is 6.02. The third kappa shape index (κ3) is 8.98. The maximum absolute atomic E-state index is 11.7. The second-order valence-corrected chi connectivity index (χ2v) is 10.3. The van der Waals surface area contributed by atoms with Crippen LogP contribution >= 0.6 is 11.6 Å². The van der Waals surface area contributed by atoms with Gasteiger partial charge in [0.15, 0.2) is 0 Å². The molecule has 2 unspecified atom stereocenters. The first-order valence-electron chi connectivity index (χ1n) is 4.69. The molecule has 0 aromatic heterocycles. The Balaban J connectivity index is -0.000000605. The molecule has 0 saturated heterocycles. The summed E-state index contributed by atoms with van der Waals surface area (Å²) in [6, 6.07) is 0. The van der Waals surface area contributed by atoms with E-state index >= 15 is 0 Å². The Kier molecular flexibility index (Phi) is 14.9. The van der Waals surface area contributed by atoms with Crippen LogP contribution < -0.4 is 22.1 Å². The molecule has 0 aromatic carbocycles. The van der Waals surface area contributed by atoms with Crippen LogP contribution in [0.25, 0.3) is 0 Å². The number of rotatable bonds is 5. The molecule has 0 aromatic rings. The van der Waals surface area contributed by atoms with Gasteiger partial charge in [-0.3, -0.25) is 0 Å². The Hall–Kier alpha value is 1.71. The number of alkyl halides is 1. The molecule has 0 aliphatic carbocycles. The van der Waals surface area contributed by atoms with Gasteiger partial charge in [-0.05, 0) is 6.42 Å². The summed E-state index contributed by atoms with van der Waals surface area (Å²) in [7, 11) is -1.56. The van der Waals surface area contributed by atoms with Crippen molar-refractivity contribution in [3.63, 3.8) is 0 Å².